The Hall–Kier alpha value is -3.48. The number of carbonyl (C=O) groups is 1. The molecule has 7 heteroatoms. The molecule has 2 aliphatic rings. The van der Waals surface area contributed by atoms with Crippen molar-refractivity contribution in [1.29, 1.82) is 0 Å². The van der Waals surface area contributed by atoms with E-state index in [-0.39, 0.29) is 17.8 Å². The first-order valence-electron chi connectivity index (χ1n) is 10.2. The predicted octanol–water partition coefficient (Wildman–Crippen LogP) is 2.79. The second kappa shape index (κ2) is 7.74. The highest BCUT2D eigenvalue weighted by atomic mass is 16.6. The van der Waals surface area contributed by atoms with Crippen molar-refractivity contribution in [2.75, 3.05) is 37.7 Å². The Labute approximate surface area is 173 Å². The van der Waals surface area contributed by atoms with Gasteiger partial charge in [0.05, 0.1) is 0 Å². The Balaban J connectivity index is 1.23. The summed E-state index contributed by atoms with van der Waals surface area (Å²) in [6, 6.07) is 17.2. The van der Waals surface area contributed by atoms with E-state index in [0.29, 0.717) is 26.1 Å². The van der Waals surface area contributed by atoms with Crippen molar-refractivity contribution in [3.63, 3.8) is 0 Å². The van der Waals surface area contributed by atoms with Gasteiger partial charge in [-0.1, -0.05) is 18.2 Å². The molecule has 154 valence electrons. The Bertz CT molecular complexity index is 1120. The van der Waals surface area contributed by atoms with Crippen molar-refractivity contribution in [1.82, 2.24) is 9.88 Å². The smallest absolute Gasteiger partial charge is 0.410 e. The number of pyridine rings is 1. The number of ether oxygens (including phenoxy) is 2. The zero-order valence-corrected chi connectivity index (χ0v) is 16.5. The number of nitrogens with zero attached hydrogens (tertiary/aromatic N) is 2. The van der Waals surface area contributed by atoms with Gasteiger partial charge in [-0.2, -0.15) is 0 Å². The zero-order valence-electron chi connectivity index (χ0n) is 16.5. The summed E-state index contributed by atoms with van der Waals surface area (Å²) in [6.07, 6.45) is -0.0860. The number of anilines is 1. The lowest BCUT2D eigenvalue weighted by Crippen LogP contribution is -2.50. The molecular weight excluding hydrogens is 382 g/mol. The molecule has 1 saturated heterocycles. The van der Waals surface area contributed by atoms with Crippen LogP contribution >= 0.6 is 0 Å². The molecule has 2 aromatic carbocycles. The first-order chi connectivity index (χ1) is 14.7. The van der Waals surface area contributed by atoms with Crippen molar-refractivity contribution in [2.24, 2.45) is 0 Å². The second-order valence-electron chi connectivity index (χ2n) is 7.66. The highest BCUT2D eigenvalue weighted by Crippen LogP contribution is 2.32. The molecule has 1 atom stereocenters. The molecule has 0 saturated carbocycles. The predicted molar refractivity (Wildman–Crippen MR) is 114 cm³/mol. The fourth-order valence-corrected chi connectivity index (χ4v) is 4.17. The maximum atomic E-state index is 12.7. The van der Waals surface area contributed by atoms with Crippen LogP contribution in [0.25, 0.3) is 10.9 Å². The van der Waals surface area contributed by atoms with Gasteiger partial charge in [0.1, 0.15) is 18.5 Å². The van der Waals surface area contributed by atoms with Gasteiger partial charge in [0.2, 0.25) is 5.56 Å². The van der Waals surface area contributed by atoms with Gasteiger partial charge in [-0.05, 0) is 30.3 Å². The van der Waals surface area contributed by atoms with Crippen molar-refractivity contribution in [2.45, 2.75) is 12.5 Å². The van der Waals surface area contributed by atoms with Crippen LogP contribution in [0.1, 0.15) is 5.56 Å². The minimum atomic E-state index is -0.352. The largest absolute Gasteiger partial charge is 0.489 e. The van der Waals surface area contributed by atoms with E-state index in [1.807, 2.05) is 30.3 Å². The molecule has 30 heavy (non-hydrogen) atoms. The topological polar surface area (TPSA) is 74.9 Å². The number of hydrogen-bond donors (Lipinski definition) is 1. The summed E-state index contributed by atoms with van der Waals surface area (Å²) in [7, 11) is 0. The number of fused-ring (bicyclic) bond motifs is 3. The molecule has 1 N–H and O–H groups in total. The minimum absolute atomic E-state index is 0.142. The molecule has 2 aliphatic heterocycles. The normalized spacial score (nSPS) is 18.6. The molecule has 1 aromatic heterocycles. The molecule has 0 radical (unpaired) electrons. The van der Waals surface area contributed by atoms with Crippen LogP contribution in [0.5, 0.6) is 5.75 Å². The van der Waals surface area contributed by atoms with Crippen LogP contribution in [0.15, 0.2) is 59.4 Å². The second-order valence-corrected chi connectivity index (χ2v) is 7.66. The maximum absolute atomic E-state index is 12.7. The van der Waals surface area contributed by atoms with E-state index in [1.54, 1.807) is 11.0 Å². The van der Waals surface area contributed by atoms with E-state index in [1.165, 1.54) is 11.8 Å². The maximum Gasteiger partial charge on any atom is 0.410 e. The Kier molecular flexibility index (Phi) is 4.78. The van der Waals surface area contributed by atoms with Crippen molar-refractivity contribution in [3.8, 4) is 5.75 Å². The van der Waals surface area contributed by atoms with Gasteiger partial charge in [-0.3, -0.25) is 4.79 Å². The highest BCUT2D eigenvalue weighted by Gasteiger charge is 2.28. The van der Waals surface area contributed by atoms with Gasteiger partial charge in [0.15, 0.2) is 0 Å². The van der Waals surface area contributed by atoms with Gasteiger partial charge in [-0.25, -0.2) is 4.79 Å². The number of hydrogen-bond acceptors (Lipinski definition) is 5. The van der Waals surface area contributed by atoms with Crippen molar-refractivity contribution in [3.05, 3.63) is 70.5 Å². The summed E-state index contributed by atoms with van der Waals surface area (Å²) < 4.78 is 11.6. The molecule has 7 nitrogen and oxygen atoms in total. The first-order valence-corrected chi connectivity index (χ1v) is 10.2. The van der Waals surface area contributed by atoms with Crippen LogP contribution in [-0.2, 0) is 11.2 Å². The molecule has 1 amide bonds. The number of nitrogens with one attached hydrogen (secondary N) is 1. The SMILES string of the molecule is O=C(OC1COc2ccc3[nH]c(=O)ccc3c2C1)N1CCN(c2ccccc2)CC1. The summed E-state index contributed by atoms with van der Waals surface area (Å²) in [5, 5.41) is 0.921. The van der Waals surface area contributed by atoms with Gasteiger partial charge in [-0.15, -0.1) is 0 Å². The van der Waals surface area contributed by atoms with E-state index in [0.717, 1.165) is 35.3 Å². The number of piperazine rings is 1. The van der Waals surface area contributed by atoms with Gasteiger partial charge in [0.25, 0.3) is 0 Å². The van der Waals surface area contributed by atoms with Gasteiger partial charge in [0, 0.05) is 60.8 Å². The Morgan fingerprint density at radius 3 is 2.60 bits per heavy atom. The quantitative estimate of drug-likeness (QED) is 0.710. The third-order valence-electron chi connectivity index (χ3n) is 5.76. The standard InChI is InChI=1S/C23H23N3O4/c27-22-9-6-18-19-14-17(15-29-21(19)8-7-20(18)24-22)30-23(28)26-12-10-25(11-13-26)16-4-2-1-3-5-16/h1-9,17H,10-15H2,(H,24,27). The highest BCUT2D eigenvalue weighted by molar-refractivity contribution is 5.84. The molecule has 3 aromatic rings. The van der Waals surface area contributed by atoms with E-state index >= 15 is 0 Å². The van der Waals surface area contributed by atoms with Crippen LogP contribution in [0.4, 0.5) is 10.5 Å². The summed E-state index contributed by atoms with van der Waals surface area (Å²) in [5.74, 6) is 0.776. The van der Waals surface area contributed by atoms with Crippen LogP contribution in [-0.4, -0.2) is 54.9 Å². The lowest BCUT2D eigenvalue weighted by molar-refractivity contribution is 0.0312. The van der Waals surface area contributed by atoms with E-state index in [9.17, 15) is 9.59 Å². The third-order valence-corrected chi connectivity index (χ3v) is 5.76. The fourth-order valence-electron chi connectivity index (χ4n) is 4.17. The van der Waals surface area contributed by atoms with Crippen LogP contribution in [0, 0.1) is 0 Å². The summed E-state index contributed by atoms with van der Waals surface area (Å²) in [6.45, 7) is 3.14. The molecule has 0 bridgehead atoms. The van der Waals surface area contributed by atoms with E-state index < -0.39 is 0 Å². The molecule has 1 fully saturated rings. The molecule has 5 rings (SSSR count). The third kappa shape index (κ3) is 3.58. The van der Waals surface area contributed by atoms with Gasteiger partial charge >= 0.3 is 6.09 Å². The van der Waals surface area contributed by atoms with Gasteiger partial charge < -0.3 is 24.3 Å². The molecule has 3 heterocycles. The minimum Gasteiger partial charge on any atom is -0.489 e. The summed E-state index contributed by atoms with van der Waals surface area (Å²) >= 11 is 0. The fraction of sp³-hybridized carbons (Fsp3) is 0.304. The molecule has 0 spiro atoms. The molecular formula is C23H23N3O4. The zero-order chi connectivity index (χ0) is 20.5. The monoisotopic (exact) mass is 405 g/mol. The van der Waals surface area contributed by atoms with Crippen LogP contribution < -0.4 is 15.2 Å². The lowest BCUT2D eigenvalue weighted by Gasteiger charge is -2.36. The van der Waals surface area contributed by atoms with E-state index in [2.05, 4.69) is 22.0 Å². The number of para-hydroxylation sites is 1. The number of amides is 1. The molecule has 1 unspecified atom stereocenters. The number of aromatic nitrogens is 1. The summed E-state index contributed by atoms with van der Waals surface area (Å²) in [5.41, 5.74) is 2.75. The number of rotatable bonds is 2. The average molecular weight is 405 g/mol. The van der Waals surface area contributed by atoms with Crippen LogP contribution in [0.2, 0.25) is 0 Å². The number of carbonyl (C=O) groups excluding carboxylic acids is 1. The number of aromatic amines is 1. The van der Waals surface area contributed by atoms with Crippen LogP contribution in [0.3, 0.4) is 0 Å². The number of H-pyrrole nitrogens is 1. The Morgan fingerprint density at radius 1 is 1.00 bits per heavy atom. The van der Waals surface area contributed by atoms with E-state index in [4.69, 9.17) is 9.47 Å². The van der Waals surface area contributed by atoms with Crippen molar-refractivity contribution >= 4 is 22.7 Å². The summed E-state index contributed by atoms with van der Waals surface area (Å²) in [4.78, 5) is 31.2. The Morgan fingerprint density at radius 2 is 1.80 bits per heavy atom. The average Bonchev–Trinajstić information content (AvgIpc) is 2.79. The molecule has 0 aliphatic carbocycles. The first kappa shape index (κ1) is 18.5. The van der Waals surface area contributed by atoms with Crippen molar-refractivity contribution < 1.29 is 14.3 Å². The number of benzene rings is 2. The lowest BCUT2D eigenvalue weighted by atomic mass is 9.99.